The Morgan fingerprint density at radius 2 is 1.91 bits per heavy atom. The van der Waals surface area contributed by atoms with E-state index in [1.807, 2.05) is 42.0 Å². The van der Waals surface area contributed by atoms with Gasteiger partial charge < -0.3 is 14.5 Å². The summed E-state index contributed by atoms with van der Waals surface area (Å²) in [6.45, 7) is 6.83. The third-order valence-corrected chi connectivity index (χ3v) is 8.51. The van der Waals surface area contributed by atoms with Crippen molar-refractivity contribution in [1.82, 2.24) is 14.2 Å². The van der Waals surface area contributed by atoms with Gasteiger partial charge in [0.1, 0.15) is 5.75 Å². The van der Waals surface area contributed by atoms with E-state index in [9.17, 15) is 10.1 Å². The van der Waals surface area contributed by atoms with E-state index in [-0.39, 0.29) is 11.3 Å². The number of ether oxygens (including phenoxy) is 1. The Morgan fingerprint density at radius 3 is 2.55 bits per heavy atom. The number of aromatic nitrogens is 1. The Balaban J connectivity index is 1.44. The molecule has 33 heavy (non-hydrogen) atoms. The molecule has 5 rings (SSSR count). The SMILES string of the molecule is COc1ccc2c(N3CCC(C)(C#N)CC3)c(C(=O)N3CCN(SC4CC4)CC3)cnc2c1. The molecule has 1 aromatic carbocycles. The Kier molecular flexibility index (Phi) is 6.11. The van der Waals surface area contributed by atoms with Crippen molar-refractivity contribution >= 4 is 34.4 Å². The Morgan fingerprint density at radius 1 is 1.18 bits per heavy atom. The molecule has 0 radical (unpaired) electrons. The number of piperidine rings is 1. The molecule has 3 heterocycles. The third-order valence-electron chi connectivity index (χ3n) is 7.08. The van der Waals surface area contributed by atoms with E-state index in [0.29, 0.717) is 5.56 Å². The first-order valence-corrected chi connectivity index (χ1v) is 12.7. The third kappa shape index (κ3) is 4.62. The number of fused-ring (bicyclic) bond motifs is 1. The summed E-state index contributed by atoms with van der Waals surface area (Å²) in [6.07, 6.45) is 5.95. The van der Waals surface area contributed by atoms with Gasteiger partial charge in [-0.2, -0.15) is 5.26 Å². The van der Waals surface area contributed by atoms with Gasteiger partial charge >= 0.3 is 0 Å². The molecular formula is C25H31N5O2S. The number of anilines is 1. The molecule has 3 fully saturated rings. The van der Waals surface area contributed by atoms with Crippen molar-refractivity contribution in [1.29, 1.82) is 5.26 Å². The molecule has 1 saturated carbocycles. The second kappa shape index (κ2) is 9.03. The zero-order chi connectivity index (χ0) is 23.0. The maximum Gasteiger partial charge on any atom is 0.257 e. The molecule has 1 aromatic heterocycles. The van der Waals surface area contributed by atoms with E-state index in [0.717, 1.165) is 79.7 Å². The molecule has 8 heteroatoms. The summed E-state index contributed by atoms with van der Waals surface area (Å²) in [5.41, 5.74) is 2.13. The summed E-state index contributed by atoms with van der Waals surface area (Å²) in [5, 5.41) is 11.3. The topological polar surface area (TPSA) is 72.7 Å². The summed E-state index contributed by atoms with van der Waals surface area (Å²) in [5.74, 6) is 0.805. The maximum atomic E-state index is 13.7. The monoisotopic (exact) mass is 465 g/mol. The van der Waals surface area contributed by atoms with Crippen LogP contribution >= 0.6 is 11.9 Å². The van der Waals surface area contributed by atoms with Crippen LogP contribution in [0.3, 0.4) is 0 Å². The van der Waals surface area contributed by atoms with Crippen molar-refractivity contribution in [2.24, 2.45) is 5.41 Å². The minimum atomic E-state index is -0.303. The van der Waals surface area contributed by atoms with Crippen molar-refractivity contribution in [2.75, 3.05) is 51.3 Å². The molecule has 0 unspecified atom stereocenters. The normalized spacial score (nSPS) is 21.1. The molecule has 0 atom stereocenters. The number of piperazine rings is 1. The van der Waals surface area contributed by atoms with Gasteiger partial charge in [-0.05, 0) is 44.7 Å². The average Bonchev–Trinajstić information content (AvgIpc) is 3.67. The second-order valence-electron chi connectivity index (χ2n) is 9.59. The lowest BCUT2D eigenvalue weighted by molar-refractivity contribution is 0.0704. The minimum Gasteiger partial charge on any atom is -0.497 e. The predicted octanol–water partition coefficient (Wildman–Crippen LogP) is 3.94. The largest absolute Gasteiger partial charge is 0.497 e. The molecule has 1 aliphatic carbocycles. The van der Waals surface area contributed by atoms with Crippen LogP contribution in [0.5, 0.6) is 5.75 Å². The second-order valence-corrected chi connectivity index (χ2v) is 11.0. The highest BCUT2D eigenvalue weighted by molar-refractivity contribution is 7.97. The van der Waals surface area contributed by atoms with Crippen LogP contribution < -0.4 is 9.64 Å². The molecular weight excluding hydrogens is 434 g/mol. The van der Waals surface area contributed by atoms with Gasteiger partial charge in [-0.25, -0.2) is 4.31 Å². The fraction of sp³-hybridized carbons (Fsp3) is 0.560. The summed E-state index contributed by atoms with van der Waals surface area (Å²) in [7, 11) is 1.65. The first kappa shape index (κ1) is 22.3. The van der Waals surface area contributed by atoms with E-state index >= 15 is 0 Å². The zero-order valence-corrected chi connectivity index (χ0v) is 20.2. The number of carbonyl (C=O) groups excluding carboxylic acids is 1. The molecule has 7 nitrogen and oxygen atoms in total. The lowest BCUT2D eigenvalue weighted by atomic mass is 9.81. The molecule has 0 spiro atoms. The van der Waals surface area contributed by atoms with E-state index in [1.165, 1.54) is 12.8 Å². The molecule has 0 N–H and O–H groups in total. The van der Waals surface area contributed by atoms with Gasteiger partial charge in [-0.15, -0.1) is 0 Å². The Bertz CT molecular complexity index is 1080. The number of carbonyl (C=O) groups is 1. The van der Waals surface area contributed by atoms with Gasteiger partial charge in [-0.3, -0.25) is 9.78 Å². The fourth-order valence-electron chi connectivity index (χ4n) is 4.67. The van der Waals surface area contributed by atoms with Crippen molar-refractivity contribution in [3.8, 4) is 11.8 Å². The van der Waals surface area contributed by atoms with Crippen molar-refractivity contribution < 1.29 is 9.53 Å². The van der Waals surface area contributed by atoms with Crippen LogP contribution in [0.4, 0.5) is 5.69 Å². The molecule has 3 aliphatic rings. The van der Waals surface area contributed by atoms with E-state index in [4.69, 9.17) is 4.74 Å². The fourth-order valence-corrected chi connectivity index (χ4v) is 5.81. The predicted molar refractivity (Wildman–Crippen MR) is 132 cm³/mol. The smallest absolute Gasteiger partial charge is 0.257 e. The molecule has 2 saturated heterocycles. The van der Waals surface area contributed by atoms with Gasteiger partial charge in [0.15, 0.2) is 0 Å². The lowest BCUT2D eigenvalue weighted by Gasteiger charge is -2.38. The highest BCUT2D eigenvalue weighted by atomic mass is 32.2. The summed E-state index contributed by atoms with van der Waals surface area (Å²) in [6, 6.07) is 8.34. The number of methoxy groups -OCH3 is 1. The van der Waals surface area contributed by atoms with E-state index < -0.39 is 0 Å². The lowest BCUT2D eigenvalue weighted by Crippen LogP contribution is -2.47. The van der Waals surface area contributed by atoms with Gasteiger partial charge in [0.2, 0.25) is 0 Å². The first-order chi connectivity index (χ1) is 16.0. The average molecular weight is 466 g/mol. The van der Waals surface area contributed by atoms with Crippen molar-refractivity contribution in [3.63, 3.8) is 0 Å². The van der Waals surface area contributed by atoms with Crippen LogP contribution in [0.2, 0.25) is 0 Å². The van der Waals surface area contributed by atoms with Crippen molar-refractivity contribution in [2.45, 2.75) is 37.9 Å². The zero-order valence-electron chi connectivity index (χ0n) is 19.4. The van der Waals surface area contributed by atoms with Crippen molar-refractivity contribution in [3.05, 3.63) is 30.0 Å². The number of hydrogen-bond acceptors (Lipinski definition) is 7. The number of nitrogens with zero attached hydrogens (tertiary/aromatic N) is 5. The van der Waals surface area contributed by atoms with Gasteiger partial charge in [0, 0.05) is 62.2 Å². The molecule has 2 aliphatic heterocycles. The number of hydrogen-bond donors (Lipinski definition) is 0. The standard InChI is InChI=1S/C25H31N5O2S/c1-25(17-26)7-9-28(10-8-25)23-20-6-3-18(32-2)15-22(20)27-16-21(23)24(31)29-11-13-30(14-12-29)33-19-4-5-19/h3,6,15-16,19H,4-5,7-14H2,1-2H3. The Labute approximate surface area is 199 Å². The Hall–Kier alpha value is -2.50. The van der Waals surface area contributed by atoms with Crippen LogP contribution in [-0.4, -0.2) is 71.7 Å². The van der Waals surface area contributed by atoms with Crippen LogP contribution in [0, 0.1) is 16.7 Å². The minimum absolute atomic E-state index is 0.0555. The summed E-state index contributed by atoms with van der Waals surface area (Å²) in [4.78, 5) is 22.6. The highest BCUT2D eigenvalue weighted by Gasteiger charge is 2.34. The summed E-state index contributed by atoms with van der Waals surface area (Å²) >= 11 is 1.97. The van der Waals surface area contributed by atoms with E-state index in [1.54, 1.807) is 13.3 Å². The van der Waals surface area contributed by atoms with Crippen LogP contribution in [0.15, 0.2) is 24.4 Å². The molecule has 174 valence electrons. The van der Waals surface area contributed by atoms with Gasteiger partial charge in [0.05, 0.1) is 35.4 Å². The van der Waals surface area contributed by atoms with Gasteiger partial charge in [-0.1, -0.05) is 11.9 Å². The number of pyridine rings is 1. The first-order valence-electron chi connectivity index (χ1n) is 11.8. The number of amides is 1. The maximum absolute atomic E-state index is 13.7. The highest BCUT2D eigenvalue weighted by Crippen LogP contribution is 2.39. The van der Waals surface area contributed by atoms with Crippen LogP contribution in [0.1, 0.15) is 43.0 Å². The summed E-state index contributed by atoms with van der Waals surface area (Å²) < 4.78 is 7.81. The molecule has 2 aromatic rings. The van der Waals surface area contributed by atoms with Crippen LogP contribution in [0.25, 0.3) is 10.9 Å². The molecule has 0 bridgehead atoms. The van der Waals surface area contributed by atoms with Gasteiger partial charge in [0.25, 0.3) is 5.91 Å². The van der Waals surface area contributed by atoms with Crippen LogP contribution in [-0.2, 0) is 0 Å². The molecule has 1 amide bonds. The quantitative estimate of drug-likeness (QED) is 0.619. The van der Waals surface area contributed by atoms with E-state index in [2.05, 4.69) is 20.3 Å². The number of benzene rings is 1. The number of nitriles is 1. The number of rotatable bonds is 5.